The van der Waals surface area contributed by atoms with Crippen molar-refractivity contribution in [2.75, 3.05) is 57.5 Å². The summed E-state index contributed by atoms with van der Waals surface area (Å²) in [6, 6.07) is 9.87. The van der Waals surface area contributed by atoms with Gasteiger partial charge in [-0.2, -0.15) is 0 Å². The van der Waals surface area contributed by atoms with Crippen LogP contribution in [0.1, 0.15) is 16.8 Å². The predicted molar refractivity (Wildman–Crippen MR) is 123 cm³/mol. The Hall–Kier alpha value is -3.46. The average Bonchev–Trinajstić information content (AvgIpc) is 3.04. The Morgan fingerprint density at radius 1 is 1.03 bits per heavy atom. The zero-order valence-corrected chi connectivity index (χ0v) is 18.0. The molecular weight excluding hydrogens is 392 g/mol. The third-order valence-electron chi connectivity index (χ3n) is 6.02. The summed E-state index contributed by atoms with van der Waals surface area (Å²) >= 11 is 0. The van der Waals surface area contributed by atoms with E-state index in [1.807, 2.05) is 41.8 Å². The molecule has 0 bridgehead atoms. The summed E-state index contributed by atoms with van der Waals surface area (Å²) in [5.74, 6) is 0.632. The number of hydrogen-bond donors (Lipinski definition) is 2. The molecule has 0 spiro atoms. The summed E-state index contributed by atoms with van der Waals surface area (Å²) in [4.78, 5) is 22.3. The van der Waals surface area contributed by atoms with E-state index in [-0.39, 0.29) is 5.91 Å². The highest BCUT2D eigenvalue weighted by Crippen LogP contribution is 2.34. The molecule has 0 radical (unpaired) electrons. The van der Waals surface area contributed by atoms with Gasteiger partial charge < -0.3 is 20.4 Å². The normalized spacial score (nSPS) is 15.5. The van der Waals surface area contributed by atoms with E-state index in [9.17, 15) is 4.79 Å². The smallest absolute Gasteiger partial charge is 0.256 e. The zero-order chi connectivity index (χ0) is 21.5. The maximum Gasteiger partial charge on any atom is 0.256 e. The number of carbonyl (C=O) groups excluding carboxylic acids is 1. The Morgan fingerprint density at radius 3 is 2.68 bits per heavy atom. The molecule has 0 saturated carbocycles. The molecule has 1 aliphatic heterocycles. The largest absolute Gasteiger partial charge is 0.387 e. The van der Waals surface area contributed by atoms with Gasteiger partial charge in [0.25, 0.3) is 5.91 Å². The number of fused-ring (bicyclic) bond motifs is 5. The summed E-state index contributed by atoms with van der Waals surface area (Å²) in [6.45, 7) is 3.87. The van der Waals surface area contributed by atoms with Gasteiger partial charge in [0.05, 0.1) is 16.7 Å². The van der Waals surface area contributed by atoms with Crippen molar-refractivity contribution in [3.05, 3.63) is 35.9 Å². The quantitative estimate of drug-likeness (QED) is 0.526. The first-order chi connectivity index (χ1) is 15.1. The van der Waals surface area contributed by atoms with Crippen LogP contribution in [0.15, 0.2) is 30.3 Å². The van der Waals surface area contributed by atoms with E-state index >= 15 is 0 Å². The molecule has 1 fully saturated rings. The van der Waals surface area contributed by atoms with Crippen LogP contribution in [0.3, 0.4) is 0 Å². The lowest BCUT2D eigenvalue weighted by Crippen LogP contribution is -2.29. The van der Waals surface area contributed by atoms with Crippen molar-refractivity contribution in [1.82, 2.24) is 29.8 Å². The highest BCUT2D eigenvalue weighted by atomic mass is 16.1. The maximum atomic E-state index is 12.9. The van der Waals surface area contributed by atoms with Crippen LogP contribution < -0.4 is 15.5 Å². The lowest BCUT2D eigenvalue weighted by Gasteiger charge is -2.22. The van der Waals surface area contributed by atoms with Crippen LogP contribution in [0.5, 0.6) is 0 Å². The van der Waals surface area contributed by atoms with Gasteiger partial charge in [0.15, 0.2) is 17.1 Å². The monoisotopic (exact) mass is 418 g/mol. The van der Waals surface area contributed by atoms with E-state index in [0.29, 0.717) is 22.5 Å². The van der Waals surface area contributed by atoms with E-state index in [4.69, 9.17) is 4.98 Å². The molecule has 160 valence electrons. The first-order valence-electron chi connectivity index (χ1n) is 10.6. The van der Waals surface area contributed by atoms with Crippen LogP contribution in [-0.4, -0.2) is 77.7 Å². The maximum absolute atomic E-state index is 12.9. The lowest BCUT2D eigenvalue weighted by molar-refractivity contribution is 0.0965. The van der Waals surface area contributed by atoms with Crippen molar-refractivity contribution >= 4 is 45.1 Å². The number of aromatic nitrogens is 4. The molecule has 0 atom stereocenters. The van der Waals surface area contributed by atoms with Crippen molar-refractivity contribution in [3.63, 3.8) is 0 Å². The first-order valence-corrected chi connectivity index (χ1v) is 10.6. The minimum atomic E-state index is -0.193. The van der Waals surface area contributed by atoms with Crippen molar-refractivity contribution in [3.8, 4) is 0 Å². The van der Waals surface area contributed by atoms with E-state index < -0.39 is 0 Å². The number of pyridine rings is 1. The Labute approximate surface area is 180 Å². The second kappa shape index (κ2) is 7.66. The number of amides is 1. The molecule has 0 aliphatic carbocycles. The Balaban J connectivity index is 1.82. The van der Waals surface area contributed by atoms with Crippen LogP contribution in [0, 0.1) is 0 Å². The molecule has 9 heteroatoms. The fourth-order valence-corrected chi connectivity index (χ4v) is 4.41. The number of benzene rings is 1. The Morgan fingerprint density at radius 2 is 1.87 bits per heavy atom. The number of rotatable bonds is 3. The van der Waals surface area contributed by atoms with Crippen LogP contribution in [-0.2, 0) is 0 Å². The molecular formula is C22H26N8O. The average molecular weight is 419 g/mol. The first kappa shape index (κ1) is 19.5. The lowest BCUT2D eigenvalue weighted by atomic mass is 10.1. The van der Waals surface area contributed by atoms with Crippen molar-refractivity contribution in [1.29, 1.82) is 0 Å². The molecule has 1 aromatic carbocycles. The zero-order valence-electron chi connectivity index (χ0n) is 18.0. The van der Waals surface area contributed by atoms with Gasteiger partial charge in [0, 0.05) is 39.1 Å². The fourth-order valence-electron chi connectivity index (χ4n) is 4.41. The van der Waals surface area contributed by atoms with E-state index in [1.165, 1.54) is 0 Å². The van der Waals surface area contributed by atoms with Gasteiger partial charge >= 0.3 is 0 Å². The molecule has 31 heavy (non-hydrogen) atoms. The van der Waals surface area contributed by atoms with E-state index in [0.717, 1.165) is 54.8 Å². The highest BCUT2D eigenvalue weighted by molar-refractivity contribution is 6.13. The summed E-state index contributed by atoms with van der Waals surface area (Å²) in [6.07, 6.45) is 1.07. The van der Waals surface area contributed by atoms with Gasteiger partial charge in [0.2, 0.25) is 0 Å². The second-order valence-electron chi connectivity index (χ2n) is 7.92. The van der Waals surface area contributed by atoms with Crippen LogP contribution >= 0.6 is 0 Å². The van der Waals surface area contributed by atoms with Crippen molar-refractivity contribution in [2.45, 2.75) is 6.42 Å². The molecule has 3 aromatic heterocycles. The van der Waals surface area contributed by atoms with Crippen molar-refractivity contribution < 1.29 is 4.79 Å². The van der Waals surface area contributed by atoms with Gasteiger partial charge in [-0.25, -0.2) is 4.98 Å². The van der Waals surface area contributed by atoms with Gasteiger partial charge in [-0.15, -0.1) is 10.2 Å². The standard InChI is InChI=1S/C22H26N8O/c1-23-19-14-13-17(29-10-6-9-28(3)11-12-29)26-27-20(14)30-16-8-5-4-7-15(16)25-21(30)18(19)22(31)24-2/h4-5,7-8,13,23H,6,9-12H2,1-3H3,(H,24,31). The number of anilines is 2. The number of para-hydroxylation sites is 2. The third-order valence-corrected chi connectivity index (χ3v) is 6.02. The molecule has 0 unspecified atom stereocenters. The molecule has 4 aromatic rings. The van der Waals surface area contributed by atoms with E-state index in [2.05, 4.69) is 37.7 Å². The SMILES string of the molecule is CNC(=O)c1c(NC)c2cc(N3CCCN(C)CC3)nnc2n2c1nc1ccccc12. The topological polar surface area (TPSA) is 90.7 Å². The number of hydrogen-bond acceptors (Lipinski definition) is 7. The third kappa shape index (κ3) is 3.12. The molecule has 1 amide bonds. The minimum absolute atomic E-state index is 0.193. The van der Waals surface area contributed by atoms with Crippen LogP contribution in [0.2, 0.25) is 0 Å². The van der Waals surface area contributed by atoms with Crippen LogP contribution in [0.25, 0.3) is 27.7 Å². The summed E-state index contributed by atoms with van der Waals surface area (Å²) in [7, 11) is 5.60. The van der Waals surface area contributed by atoms with Crippen LogP contribution in [0.4, 0.5) is 11.5 Å². The van der Waals surface area contributed by atoms with Crippen molar-refractivity contribution in [2.24, 2.45) is 0 Å². The predicted octanol–water partition coefficient (Wildman–Crippen LogP) is 1.97. The number of imidazole rings is 1. The molecule has 9 nitrogen and oxygen atoms in total. The Bertz CT molecular complexity index is 1300. The van der Waals surface area contributed by atoms with Gasteiger partial charge in [0.1, 0.15) is 5.56 Å². The number of nitrogens with zero attached hydrogens (tertiary/aromatic N) is 6. The van der Waals surface area contributed by atoms with E-state index in [1.54, 1.807) is 7.05 Å². The molecule has 1 aliphatic rings. The molecule has 4 heterocycles. The summed E-state index contributed by atoms with van der Waals surface area (Å²) in [5.41, 5.74) is 4.16. The minimum Gasteiger partial charge on any atom is -0.387 e. The number of likely N-dealkylation sites (N-methyl/N-ethyl adjacent to an activating group) is 1. The number of carbonyl (C=O) groups is 1. The molecule has 5 rings (SSSR count). The summed E-state index contributed by atoms with van der Waals surface area (Å²) < 4.78 is 1.93. The van der Waals surface area contributed by atoms with Gasteiger partial charge in [-0.3, -0.25) is 9.20 Å². The molecule has 2 N–H and O–H groups in total. The summed E-state index contributed by atoms with van der Waals surface area (Å²) in [5, 5.41) is 16.1. The fraction of sp³-hybridized carbons (Fsp3) is 0.364. The number of nitrogens with one attached hydrogen (secondary N) is 2. The van der Waals surface area contributed by atoms with Gasteiger partial charge in [-0.05, 0) is 38.2 Å². The Kier molecular flexibility index (Phi) is 4.82. The highest BCUT2D eigenvalue weighted by Gasteiger charge is 2.24. The second-order valence-corrected chi connectivity index (χ2v) is 7.92. The van der Waals surface area contributed by atoms with Gasteiger partial charge in [-0.1, -0.05) is 12.1 Å². The molecule has 1 saturated heterocycles.